The van der Waals surface area contributed by atoms with Crippen LogP contribution in [0.15, 0.2) is 30.8 Å². The Balaban J connectivity index is 2.49. The number of hydrogen-bond acceptors (Lipinski definition) is 1. The Morgan fingerprint density at radius 1 is 1.12 bits per heavy atom. The van der Waals surface area contributed by atoms with Crippen molar-refractivity contribution < 1.29 is 0 Å². The van der Waals surface area contributed by atoms with Gasteiger partial charge < -0.3 is 4.90 Å². The lowest BCUT2D eigenvalue weighted by Crippen LogP contribution is -2.27. The predicted octanol–water partition coefficient (Wildman–Crippen LogP) is 3.99. The Kier molecular flexibility index (Phi) is 6.64. The number of rotatable bonds is 8. The van der Waals surface area contributed by atoms with E-state index >= 15 is 0 Å². The second-order valence-corrected chi connectivity index (χ2v) is 4.54. The standard InChI is InChI=1S/C16H25N/c1-4-11-17(12-5-2)13-10-16-9-7-8-15(6-3)14-16/h6-9,14H,3-5,10-13H2,1-2H3. The third-order valence-electron chi connectivity index (χ3n) is 2.98. The van der Waals surface area contributed by atoms with E-state index in [4.69, 9.17) is 0 Å². The van der Waals surface area contributed by atoms with E-state index in [0.29, 0.717) is 0 Å². The van der Waals surface area contributed by atoms with Crippen LogP contribution in [-0.4, -0.2) is 24.5 Å². The van der Waals surface area contributed by atoms with E-state index in [-0.39, 0.29) is 0 Å². The molecule has 94 valence electrons. The molecule has 0 fully saturated rings. The van der Waals surface area contributed by atoms with Crippen LogP contribution in [-0.2, 0) is 6.42 Å². The SMILES string of the molecule is C=Cc1cccc(CCN(CCC)CCC)c1. The van der Waals surface area contributed by atoms with Gasteiger partial charge in [0.15, 0.2) is 0 Å². The fourth-order valence-electron chi connectivity index (χ4n) is 2.13. The summed E-state index contributed by atoms with van der Waals surface area (Å²) in [7, 11) is 0. The summed E-state index contributed by atoms with van der Waals surface area (Å²) in [5, 5.41) is 0. The Labute approximate surface area is 106 Å². The Bertz CT molecular complexity index is 324. The summed E-state index contributed by atoms with van der Waals surface area (Å²) in [5.74, 6) is 0. The first-order valence-corrected chi connectivity index (χ1v) is 6.73. The van der Waals surface area contributed by atoms with Gasteiger partial charge >= 0.3 is 0 Å². The fraction of sp³-hybridized carbons (Fsp3) is 0.500. The molecule has 0 aliphatic rings. The van der Waals surface area contributed by atoms with E-state index in [1.165, 1.54) is 43.6 Å². The number of nitrogens with zero attached hydrogens (tertiary/aromatic N) is 1. The zero-order valence-corrected chi connectivity index (χ0v) is 11.3. The highest BCUT2D eigenvalue weighted by atomic mass is 15.1. The van der Waals surface area contributed by atoms with Crippen LogP contribution >= 0.6 is 0 Å². The van der Waals surface area contributed by atoms with E-state index in [1.54, 1.807) is 0 Å². The smallest absolute Gasteiger partial charge is 0.00218 e. The number of hydrogen-bond donors (Lipinski definition) is 0. The van der Waals surface area contributed by atoms with Crippen LogP contribution in [0.3, 0.4) is 0 Å². The van der Waals surface area contributed by atoms with Gasteiger partial charge in [-0.2, -0.15) is 0 Å². The molecular weight excluding hydrogens is 206 g/mol. The predicted molar refractivity (Wildman–Crippen MR) is 77.3 cm³/mol. The molecule has 0 N–H and O–H groups in total. The Morgan fingerprint density at radius 2 is 1.82 bits per heavy atom. The van der Waals surface area contributed by atoms with Gasteiger partial charge in [0.2, 0.25) is 0 Å². The molecule has 1 rings (SSSR count). The van der Waals surface area contributed by atoms with E-state index in [0.717, 1.165) is 6.42 Å². The highest BCUT2D eigenvalue weighted by Gasteiger charge is 2.02. The summed E-state index contributed by atoms with van der Waals surface area (Å²) in [6, 6.07) is 8.68. The minimum atomic E-state index is 1.14. The van der Waals surface area contributed by atoms with Crippen LogP contribution in [0.2, 0.25) is 0 Å². The first-order valence-electron chi connectivity index (χ1n) is 6.73. The van der Waals surface area contributed by atoms with Crippen LogP contribution in [0.5, 0.6) is 0 Å². The summed E-state index contributed by atoms with van der Waals surface area (Å²) in [5.41, 5.74) is 2.64. The quantitative estimate of drug-likeness (QED) is 0.654. The molecule has 0 unspecified atom stereocenters. The van der Waals surface area contributed by atoms with Gasteiger partial charge in [-0.05, 0) is 43.5 Å². The second kappa shape index (κ2) is 8.08. The summed E-state index contributed by atoms with van der Waals surface area (Å²) < 4.78 is 0. The highest BCUT2D eigenvalue weighted by Crippen LogP contribution is 2.08. The lowest BCUT2D eigenvalue weighted by Gasteiger charge is -2.20. The minimum Gasteiger partial charge on any atom is -0.303 e. The second-order valence-electron chi connectivity index (χ2n) is 4.54. The van der Waals surface area contributed by atoms with Crippen molar-refractivity contribution in [2.45, 2.75) is 33.1 Å². The van der Waals surface area contributed by atoms with Crippen LogP contribution < -0.4 is 0 Å². The average molecular weight is 231 g/mol. The van der Waals surface area contributed by atoms with Crippen LogP contribution in [0.25, 0.3) is 6.08 Å². The van der Waals surface area contributed by atoms with Gasteiger partial charge in [0.1, 0.15) is 0 Å². The molecule has 0 amide bonds. The monoisotopic (exact) mass is 231 g/mol. The molecule has 1 aromatic rings. The van der Waals surface area contributed by atoms with Gasteiger partial charge in [-0.3, -0.25) is 0 Å². The van der Waals surface area contributed by atoms with Crippen molar-refractivity contribution >= 4 is 6.08 Å². The molecule has 0 saturated heterocycles. The Morgan fingerprint density at radius 3 is 2.41 bits per heavy atom. The fourth-order valence-corrected chi connectivity index (χ4v) is 2.13. The van der Waals surface area contributed by atoms with E-state index in [2.05, 4.69) is 49.6 Å². The largest absolute Gasteiger partial charge is 0.303 e. The minimum absolute atomic E-state index is 1.14. The molecule has 1 nitrogen and oxygen atoms in total. The van der Waals surface area contributed by atoms with Crippen molar-refractivity contribution in [1.82, 2.24) is 4.90 Å². The average Bonchev–Trinajstić information content (AvgIpc) is 2.37. The van der Waals surface area contributed by atoms with Crippen molar-refractivity contribution in [3.8, 4) is 0 Å². The van der Waals surface area contributed by atoms with Crippen LogP contribution in [0, 0.1) is 0 Å². The van der Waals surface area contributed by atoms with Crippen molar-refractivity contribution in [2.75, 3.05) is 19.6 Å². The van der Waals surface area contributed by atoms with Crippen LogP contribution in [0.1, 0.15) is 37.8 Å². The zero-order chi connectivity index (χ0) is 12.5. The molecule has 0 saturated carbocycles. The van der Waals surface area contributed by atoms with Crippen molar-refractivity contribution in [3.63, 3.8) is 0 Å². The maximum absolute atomic E-state index is 3.82. The van der Waals surface area contributed by atoms with Crippen LogP contribution in [0.4, 0.5) is 0 Å². The normalized spacial score (nSPS) is 10.8. The maximum atomic E-state index is 3.82. The van der Waals surface area contributed by atoms with E-state index in [1.807, 2.05) is 6.08 Å². The van der Waals surface area contributed by atoms with Crippen molar-refractivity contribution in [2.24, 2.45) is 0 Å². The summed E-state index contributed by atoms with van der Waals surface area (Å²) in [6.07, 6.45) is 5.54. The summed E-state index contributed by atoms with van der Waals surface area (Å²) in [6.45, 7) is 11.9. The summed E-state index contributed by atoms with van der Waals surface area (Å²) in [4.78, 5) is 2.56. The third-order valence-corrected chi connectivity index (χ3v) is 2.98. The molecular formula is C16H25N. The first-order chi connectivity index (χ1) is 8.30. The topological polar surface area (TPSA) is 3.24 Å². The first kappa shape index (κ1) is 14.0. The third kappa shape index (κ3) is 5.18. The van der Waals surface area contributed by atoms with Gasteiger partial charge in [0, 0.05) is 6.54 Å². The summed E-state index contributed by atoms with van der Waals surface area (Å²) >= 11 is 0. The van der Waals surface area contributed by atoms with Gasteiger partial charge in [0.05, 0.1) is 0 Å². The number of benzene rings is 1. The van der Waals surface area contributed by atoms with Gasteiger partial charge in [0.25, 0.3) is 0 Å². The zero-order valence-electron chi connectivity index (χ0n) is 11.3. The van der Waals surface area contributed by atoms with Gasteiger partial charge in [-0.25, -0.2) is 0 Å². The lowest BCUT2D eigenvalue weighted by molar-refractivity contribution is 0.278. The van der Waals surface area contributed by atoms with Crippen molar-refractivity contribution in [3.05, 3.63) is 42.0 Å². The van der Waals surface area contributed by atoms with E-state index in [9.17, 15) is 0 Å². The molecule has 0 spiro atoms. The Hall–Kier alpha value is -1.08. The maximum Gasteiger partial charge on any atom is 0.00218 e. The molecule has 1 aromatic carbocycles. The molecule has 0 bridgehead atoms. The van der Waals surface area contributed by atoms with E-state index < -0.39 is 0 Å². The lowest BCUT2D eigenvalue weighted by atomic mass is 10.1. The molecule has 0 aliphatic heterocycles. The molecule has 0 radical (unpaired) electrons. The molecule has 0 atom stereocenters. The molecule has 0 aromatic heterocycles. The molecule has 0 heterocycles. The molecule has 1 heteroatoms. The molecule has 17 heavy (non-hydrogen) atoms. The van der Waals surface area contributed by atoms with Gasteiger partial charge in [-0.1, -0.05) is 50.8 Å². The highest BCUT2D eigenvalue weighted by molar-refractivity contribution is 5.47. The molecule has 0 aliphatic carbocycles. The van der Waals surface area contributed by atoms with Crippen molar-refractivity contribution in [1.29, 1.82) is 0 Å². The van der Waals surface area contributed by atoms with Gasteiger partial charge in [-0.15, -0.1) is 0 Å².